The van der Waals surface area contributed by atoms with E-state index >= 15 is 0 Å². The molecule has 1 aromatic heterocycles. The van der Waals surface area contributed by atoms with Crippen LogP contribution in [0.2, 0.25) is 0 Å². The Morgan fingerprint density at radius 2 is 1.72 bits per heavy atom. The van der Waals surface area contributed by atoms with Crippen LogP contribution in [0, 0.1) is 6.92 Å². The van der Waals surface area contributed by atoms with E-state index in [1.807, 2.05) is 31.2 Å². The van der Waals surface area contributed by atoms with Gasteiger partial charge in [-0.2, -0.15) is 4.98 Å². The van der Waals surface area contributed by atoms with Crippen molar-refractivity contribution >= 4 is 11.8 Å². The van der Waals surface area contributed by atoms with Crippen molar-refractivity contribution in [2.45, 2.75) is 19.8 Å². The number of carbonyl (C=O) groups excluding carboxylic acids is 2. The minimum absolute atomic E-state index is 0.0475. The first-order valence-corrected chi connectivity index (χ1v) is 12.3. The van der Waals surface area contributed by atoms with Gasteiger partial charge < -0.3 is 19.5 Å². The summed E-state index contributed by atoms with van der Waals surface area (Å²) in [6, 6.07) is 14.6. The molecule has 0 aliphatic carbocycles. The number of ether oxygens (including phenoxy) is 1. The highest BCUT2D eigenvalue weighted by molar-refractivity contribution is 5.94. The van der Waals surface area contributed by atoms with Crippen LogP contribution < -0.4 is 5.32 Å². The second-order valence-corrected chi connectivity index (χ2v) is 9.00. The molecule has 1 aliphatic rings. The van der Waals surface area contributed by atoms with Crippen molar-refractivity contribution in [2.75, 3.05) is 53.0 Å². The molecule has 9 nitrogen and oxygen atoms in total. The largest absolute Gasteiger partial charge is 0.379 e. The van der Waals surface area contributed by atoms with E-state index in [1.54, 1.807) is 36.2 Å². The van der Waals surface area contributed by atoms with E-state index < -0.39 is 0 Å². The quantitative estimate of drug-likeness (QED) is 0.435. The number of hydrogen-bond donors (Lipinski definition) is 1. The number of likely N-dealkylation sites (N-methyl/N-ethyl adjacent to an activating group) is 1. The molecule has 9 heteroatoms. The number of nitrogens with zero attached hydrogens (tertiary/aromatic N) is 4. The zero-order chi connectivity index (χ0) is 25.3. The van der Waals surface area contributed by atoms with Crippen LogP contribution in [0.3, 0.4) is 0 Å². The first-order valence-electron chi connectivity index (χ1n) is 12.3. The fourth-order valence-electron chi connectivity index (χ4n) is 3.95. The average molecular weight is 492 g/mol. The van der Waals surface area contributed by atoms with Gasteiger partial charge in [-0.1, -0.05) is 22.9 Å². The highest BCUT2D eigenvalue weighted by Crippen LogP contribution is 2.18. The maximum absolute atomic E-state index is 12.6. The van der Waals surface area contributed by atoms with Crippen LogP contribution in [-0.4, -0.2) is 84.7 Å². The van der Waals surface area contributed by atoms with E-state index in [2.05, 4.69) is 20.4 Å². The topological polar surface area (TPSA) is 101 Å². The summed E-state index contributed by atoms with van der Waals surface area (Å²) in [6.07, 6.45) is 1.38. The van der Waals surface area contributed by atoms with Gasteiger partial charge in [0.25, 0.3) is 17.7 Å². The SMILES string of the molecule is Cc1ccc(C(=O)N(C)CCc2noc(-c3ccc(C(=O)NCCCN4CCOCC4)cc3)n2)cc1. The monoisotopic (exact) mass is 491 g/mol. The van der Waals surface area contributed by atoms with Crippen molar-refractivity contribution in [2.24, 2.45) is 0 Å². The van der Waals surface area contributed by atoms with Crippen molar-refractivity contribution in [3.63, 3.8) is 0 Å². The summed E-state index contributed by atoms with van der Waals surface area (Å²) in [5, 5.41) is 7.01. The molecule has 2 amide bonds. The van der Waals surface area contributed by atoms with Gasteiger partial charge in [-0.15, -0.1) is 0 Å². The van der Waals surface area contributed by atoms with E-state index in [0.717, 1.165) is 50.4 Å². The Labute approximate surface area is 211 Å². The Balaban J connectivity index is 1.23. The molecule has 0 spiro atoms. The van der Waals surface area contributed by atoms with Crippen molar-refractivity contribution in [3.8, 4) is 11.5 Å². The molecule has 2 heterocycles. The lowest BCUT2D eigenvalue weighted by Crippen LogP contribution is -2.38. The summed E-state index contributed by atoms with van der Waals surface area (Å²) < 4.78 is 10.8. The van der Waals surface area contributed by atoms with Crippen molar-refractivity contribution in [1.29, 1.82) is 0 Å². The number of hydrogen-bond acceptors (Lipinski definition) is 7. The molecule has 1 fully saturated rings. The highest BCUT2D eigenvalue weighted by Gasteiger charge is 2.15. The van der Waals surface area contributed by atoms with E-state index in [4.69, 9.17) is 9.26 Å². The van der Waals surface area contributed by atoms with Crippen molar-refractivity contribution in [1.82, 2.24) is 25.3 Å². The first kappa shape index (κ1) is 25.5. The Kier molecular flexibility index (Phi) is 8.80. The summed E-state index contributed by atoms with van der Waals surface area (Å²) in [4.78, 5) is 33.5. The van der Waals surface area contributed by atoms with Crippen LogP contribution in [0.15, 0.2) is 53.1 Å². The molecule has 4 rings (SSSR count). The van der Waals surface area contributed by atoms with Crippen LogP contribution in [-0.2, 0) is 11.2 Å². The molecule has 36 heavy (non-hydrogen) atoms. The lowest BCUT2D eigenvalue weighted by molar-refractivity contribution is 0.0374. The Hall–Kier alpha value is -3.56. The number of aryl methyl sites for hydroxylation is 1. The van der Waals surface area contributed by atoms with Crippen molar-refractivity contribution < 1.29 is 18.8 Å². The zero-order valence-corrected chi connectivity index (χ0v) is 20.9. The third-order valence-electron chi connectivity index (χ3n) is 6.22. The van der Waals surface area contributed by atoms with Crippen LogP contribution in [0.5, 0.6) is 0 Å². The molecular weight excluding hydrogens is 458 g/mol. The Bertz CT molecular complexity index is 1140. The van der Waals surface area contributed by atoms with Gasteiger partial charge in [0.2, 0.25) is 0 Å². The van der Waals surface area contributed by atoms with Gasteiger partial charge in [-0.25, -0.2) is 0 Å². The van der Waals surface area contributed by atoms with Gasteiger partial charge >= 0.3 is 0 Å². The normalized spacial score (nSPS) is 13.9. The molecule has 1 N–H and O–H groups in total. The molecule has 0 radical (unpaired) electrons. The molecule has 0 bridgehead atoms. The van der Waals surface area contributed by atoms with Gasteiger partial charge in [-0.3, -0.25) is 14.5 Å². The van der Waals surface area contributed by atoms with Gasteiger partial charge in [0.1, 0.15) is 0 Å². The van der Waals surface area contributed by atoms with E-state index in [9.17, 15) is 9.59 Å². The summed E-state index contributed by atoms with van der Waals surface area (Å²) in [5.41, 5.74) is 3.09. The second kappa shape index (κ2) is 12.4. The fourth-order valence-corrected chi connectivity index (χ4v) is 3.95. The smallest absolute Gasteiger partial charge is 0.257 e. The molecule has 0 saturated carbocycles. The average Bonchev–Trinajstić information content (AvgIpc) is 3.39. The Morgan fingerprint density at radius 1 is 1.03 bits per heavy atom. The number of aromatic nitrogens is 2. The number of morpholine rings is 1. The first-order chi connectivity index (χ1) is 17.5. The molecule has 1 aliphatic heterocycles. The summed E-state index contributed by atoms with van der Waals surface area (Å²) in [6.45, 7) is 7.52. The molecule has 3 aromatic rings. The maximum atomic E-state index is 12.6. The number of nitrogens with one attached hydrogen (secondary N) is 1. The van der Waals surface area contributed by atoms with Crippen LogP contribution in [0.4, 0.5) is 0 Å². The van der Waals surface area contributed by atoms with Crippen LogP contribution >= 0.6 is 0 Å². The predicted molar refractivity (Wildman–Crippen MR) is 136 cm³/mol. The summed E-state index contributed by atoms with van der Waals surface area (Å²) in [7, 11) is 1.76. The van der Waals surface area contributed by atoms with E-state index in [-0.39, 0.29) is 11.8 Å². The molecule has 190 valence electrons. The molecule has 0 unspecified atom stereocenters. The van der Waals surface area contributed by atoms with Gasteiger partial charge in [0.15, 0.2) is 5.82 Å². The van der Waals surface area contributed by atoms with Gasteiger partial charge in [0, 0.05) is 56.3 Å². The molecular formula is C27H33N5O4. The number of benzene rings is 2. The van der Waals surface area contributed by atoms with Crippen LogP contribution in [0.1, 0.15) is 38.5 Å². The number of rotatable bonds is 10. The standard InChI is InChI=1S/C27H33N5O4/c1-20-4-6-23(7-5-20)27(34)31(2)15-12-24-29-26(36-30-24)22-10-8-21(9-11-22)25(33)28-13-3-14-32-16-18-35-19-17-32/h4-11H,3,12-19H2,1-2H3,(H,28,33). The highest BCUT2D eigenvalue weighted by atomic mass is 16.5. The summed E-state index contributed by atoms with van der Waals surface area (Å²) in [5.74, 6) is 0.760. The van der Waals surface area contributed by atoms with Gasteiger partial charge in [-0.05, 0) is 56.3 Å². The third kappa shape index (κ3) is 6.99. The van der Waals surface area contributed by atoms with Crippen molar-refractivity contribution in [3.05, 3.63) is 71.0 Å². The van der Waals surface area contributed by atoms with Crippen LogP contribution in [0.25, 0.3) is 11.5 Å². The number of amides is 2. The Morgan fingerprint density at radius 3 is 2.44 bits per heavy atom. The third-order valence-corrected chi connectivity index (χ3v) is 6.22. The zero-order valence-electron chi connectivity index (χ0n) is 20.9. The number of carbonyl (C=O) groups is 2. The van der Waals surface area contributed by atoms with Gasteiger partial charge in [0.05, 0.1) is 13.2 Å². The minimum atomic E-state index is -0.101. The lowest BCUT2D eigenvalue weighted by atomic mass is 10.1. The fraction of sp³-hybridized carbons (Fsp3) is 0.407. The van der Waals surface area contributed by atoms with E-state index in [1.165, 1.54) is 0 Å². The maximum Gasteiger partial charge on any atom is 0.257 e. The summed E-state index contributed by atoms with van der Waals surface area (Å²) >= 11 is 0. The molecule has 1 saturated heterocycles. The predicted octanol–water partition coefficient (Wildman–Crippen LogP) is 2.81. The van der Waals surface area contributed by atoms with E-state index in [0.29, 0.717) is 42.4 Å². The minimum Gasteiger partial charge on any atom is -0.379 e. The lowest BCUT2D eigenvalue weighted by Gasteiger charge is -2.26. The molecule has 2 aromatic carbocycles. The molecule has 0 atom stereocenters. The second-order valence-electron chi connectivity index (χ2n) is 9.00.